The molecule has 2 rings (SSSR count). The van der Waals surface area contributed by atoms with Gasteiger partial charge in [-0.1, -0.05) is 60.7 Å². The summed E-state index contributed by atoms with van der Waals surface area (Å²) in [6.45, 7) is 0. The van der Waals surface area contributed by atoms with Gasteiger partial charge in [-0.2, -0.15) is 0 Å². The largest absolute Gasteiger partial charge is 0.321 e. The Bertz CT molecular complexity index is 492. The molecule has 4 nitrogen and oxygen atoms in total. The number of carbonyl (C=O) groups excluding carboxylic acids is 2. The standard InChI is InChI=1S/2C9H11NO/c2*10-9(7-11)6-8-4-2-1-3-5-8/h2*1-5,7,9H,6,10H2/t2*9-/m11/s1. The van der Waals surface area contributed by atoms with Gasteiger partial charge in [0.15, 0.2) is 0 Å². The molecule has 0 spiro atoms. The zero-order valence-electron chi connectivity index (χ0n) is 12.5. The van der Waals surface area contributed by atoms with Crippen LogP contribution in [0.4, 0.5) is 0 Å². The summed E-state index contributed by atoms with van der Waals surface area (Å²) in [5.74, 6) is 0. The maximum Gasteiger partial charge on any atom is 0.137 e. The second-order valence-corrected chi connectivity index (χ2v) is 4.98. The maximum atomic E-state index is 10.2. The van der Waals surface area contributed by atoms with Gasteiger partial charge in [-0.3, -0.25) is 0 Å². The molecule has 0 radical (unpaired) electrons. The second kappa shape index (κ2) is 10.4. The Morgan fingerprint density at radius 3 is 1.27 bits per heavy atom. The van der Waals surface area contributed by atoms with Crippen LogP contribution in [0.1, 0.15) is 11.1 Å². The molecular formula is C18H22N2O2. The van der Waals surface area contributed by atoms with Gasteiger partial charge in [0, 0.05) is 0 Å². The summed E-state index contributed by atoms with van der Waals surface area (Å²) in [4.78, 5) is 20.4. The Morgan fingerprint density at radius 2 is 1.00 bits per heavy atom. The number of carbonyl (C=O) groups is 2. The van der Waals surface area contributed by atoms with E-state index in [1.807, 2.05) is 60.7 Å². The first-order valence-electron chi connectivity index (χ1n) is 7.15. The molecule has 0 bridgehead atoms. The Kier molecular flexibility index (Phi) is 8.42. The molecule has 2 aromatic rings. The van der Waals surface area contributed by atoms with Crippen molar-refractivity contribution in [2.75, 3.05) is 0 Å². The van der Waals surface area contributed by atoms with Crippen LogP contribution >= 0.6 is 0 Å². The quantitative estimate of drug-likeness (QED) is 0.792. The highest BCUT2D eigenvalue weighted by Gasteiger charge is 2.00. The molecule has 0 heterocycles. The first-order chi connectivity index (χ1) is 10.7. The molecule has 0 saturated carbocycles. The fourth-order valence-corrected chi connectivity index (χ4v) is 1.87. The van der Waals surface area contributed by atoms with Crippen LogP contribution in [0.5, 0.6) is 0 Å². The lowest BCUT2D eigenvalue weighted by atomic mass is 10.1. The molecule has 4 N–H and O–H groups in total. The summed E-state index contributed by atoms with van der Waals surface area (Å²) in [5, 5.41) is 0. The predicted octanol–water partition coefficient (Wildman–Crippen LogP) is 1.51. The van der Waals surface area contributed by atoms with E-state index in [1.54, 1.807) is 0 Å². The highest BCUT2D eigenvalue weighted by Crippen LogP contribution is 2.00. The molecular weight excluding hydrogens is 276 g/mol. The van der Waals surface area contributed by atoms with Crippen molar-refractivity contribution in [3.8, 4) is 0 Å². The second-order valence-electron chi connectivity index (χ2n) is 4.98. The van der Waals surface area contributed by atoms with Crippen LogP contribution < -0.4 is 11.5 Å². The molecule has 0 aliphatic carbocycles. The van der Waals surface area contributed by atoms with Crippen LogP contribution in [-0.4, -0.2) is 24.7 Å². The van der Waals surface area contributed by atoms with Crippen molar-refractivity contribution < 1.29 is 9.59 Å². The number of aldehydes is 2. The van der Waals surface area contributed by atoms with Gasteiger partial charge in [0.25, 0.3) is 0 Å². The Morgan fingerprint density at radius 1 is 0.682 bits per heavy atom. The van der Waals surface area contributed by atoms with E-state index in [0.29, 0.717) is 12.8 Å². The minimum Gasteiger partial charge on any atom is -0.321 e. The third-order valence-electron chi connectivity index (χ3n) is 2.98. The Balaban J connectivity index is 0.000000220. The smallest absolute Gasteiger partial charge is 0.137 e. The summed E-state index contributed by atoms with van der Waals surface area (Å²) in [7, 11) is 0. The molecule has 0 unspecified atom stereocenters. The van der Waals surface area contributed by atoms with E-state index in [2.05, 4.69) is 0 Å². The molecule has 0 amide bonds. The lowest BCUT2D eigenvalue weighted by Gasteiger charge is -2.02. The van der Waals surface area contributed by atoms with E-state index in [4.69, 9.17) is 11.5 Å². The molecule has 22 heavy (non-hydrogen) atoms. The highest BCUT2D eigenvalue weighted by atomic mass is 16.1. The van der Waals surface area contributed by atoms with Crippen LogP contribution in [0.2, 0.25) is 0 Å². The minimum absolute atomic E-state index is 0.364. The van der Waals surface area contributed by atoms with Crippen LogP contribution in [-0.2, 0) is 22.4 Å². The van der Waals surface area contributed by atoms with Crippen molar-refractivity contribution >= 4 is 12.6 Å². The van der Waals surface area contributed by atoms with Gasteiger partial charge in [-0.05, 0) is 24.0 Å². The fraction of sp³-hybridized carbons (Fsp3) is 0.222. The van der Waals surface area contributed by atoms with E-state index < -0.39 is 0 Å². The summed E-state index contributed by atoms with van der Waals surface area (Å²) in [6, 6.07) is 18.7. The van der Waals surface area contributed by atoms with E-state index >= 15 is 0 Å². The van der Waals surface area contributed by atoms with Gasteiger partial charge >= 0.3 is 0 Å². The SMILES string of the molecule is N[C@@H](C=O)Cc1ccccc1.N[C@@H](C=O)Cc1ccccc1. The first kappa shape index (κ1) is 17.8. The third-order valence-corrected chi connectivity index (χ3v) is 2.98. The van der Waals surface area contributed by atoms with Crippen molar-refractivity contribution in [1.29, 1.82) is 0 Å². The number of benzene rings is 2. The normalized spacial score (nSPS) is 12.5. The first-order valence-corrected chi connectivity index (χ1v) is 7.15. The van der Waals surface area contributed by atoms with Crippen molar-refractivity contribution in [2.45, 2.75) is 24.9 Å². The molecule has 0 aliphatic rings. The summed E-state index contributed by atoms with van der Waals surface area (Å²) < 4.78 is 0. The predicted molar refractivity (Wildman–Crippen MR) is 88.4 cm³/mol. The van der Waals surface area contributed by atoms with Gasteiger partial charge in [-0.15, -0.1) is 0 Å². The minimum atomic E-state index is -0.364. The average molecular weight is 298 g/mol. The van der Waals surface area contributed by atoms with Crippen LogP contribution in [0, 0.1) is 0 Å². The molecule has 2 atom stereocenters. The lowest BCUT2D eigenvalue weighted by molar-refractivity contribution is -0.109. The van der Waals surface area contributed by atoms with Gasteiger partial charge in [-0.25, -0.2) is 0 Å². The molecule has 0 fully saturated rings. The van der Waals surface area contributed by atoms with Crippen molar-refractivity contribution in [3.63, 3.8) is 0 Å². The number of nitrogens with two attached hydrogens (primary N) is 2. The number of hydrogen-bond donors (Lipinski definition) is 2. The third kappa shape index (κ3) is 7.47. The van der Waals surface area contributed by atoms with Crippen molar-refractivity contribution in [1.82, 2.24) is 0 Å². The molecule has 2 aromatic carbocycles. The Labute approximate surface area is 131 Å². The molecule has 0 aliphatic heterocycles. The topological polar surface area (TPSA) is 86.2 Å². The van der Waals surface area contributed by atoms with E-state index in [0.717, 1.165) is 23.7 Å². The zero-order chi connectivity index (χ0) is 16.2. The van der Waals surface area contributed by atoms with Gasteiger partial charge in [0.1, 0.15) is 12.6 Å². The van der Waals surface area contributed by atoms with Crippen LogP contribution in [0.25, 0.3) is 0 Å². The molecule has 0 saturated heterocycles. The summed E-state index contributed by atoms with van der Waals surface area (Å²) >= 11 is 0. The highest BCUT2D eigenvalue weighted by molar-refractivity contribution is 5.58. The monoisotopic (exact) mass is 298 g/mol. The number of hydrogen-bond acceptors (Lipinski definition) is 4. The van der Waals surface area contributed by atoms with Gasteiger partial charge in [0.2, 0.25) is 0 Å². The Hall–Kier alpha value is -2.30. The van der Waals surface area contributed by atoms with Crippen LogP contribution in [0.3, 0.4) is 0 Å². The van der Waals surface area contributed by atoms with Crippen LogP contribution in [0.15, 0.2) is 60.7 Å². The summed E-state index contributed by atoms with van der Waals surface area (Å²) in [6.07, 6.45) is 2.80. The molecule has 4 heteroatoms. The lowest BCUT2D eigenvalue weighted by Crippen LogP contribution is -2.23. The van der Waals surface area contributed by atoms with Gasteiger partial charge < -0.3 is 21.1 Å². The zero-order valence-corrected chi connectivity index (χ0v) is 12.5. The van der Waals surface area contributed by atoms with Gasteiger partial charge in [0.05, 0.1) is 12.1 Å². The van der Waals surface area contributed by atoms with E-state index in [9.17, 15) is 9.59 Å². The fourth-order valence-electron chi connectivity index (χ4n) is 1.87. The molecule has 116 valence electrons. The van der Waals surface area contributed by atoms with Crippen molar-refractivity contribution in [2.24, 2.45) is 11.5 Å². The molecule has 0 aromatic heterocycles. The van der Waals surface area contributed by atoms with Crippen molar-refractivity contribution in [3.05, 3.63) is 71.8 Å². The number of rotatable bonds is 6. The maximum absolute atomic E-state index is 10.2. The van der Waals surface area contributed by atoms with E-state index in [1.165, 1.54) is 0 Å². The summed E-state index contributed by atoms with van der Waals surface area (Å²) in [5.41, 5.74) is 13.1. The average Bonchev–Trinajstić information content (AvgIpc) is 2.57. The van der Waals surface area contributed by atoms with E-state index in [-0.39, 0.29) is 12.1 Å².